The summed E-state index contributed by atoms with van der Waals surface area (Å²) in [6.07, 6.45) is 12.8. The van der Waals surface area contributed by atoms with E-state index in [1.165, 1.54) is 82.2 Å². The number of hydrogen-bond donors (Lipinski definition) is 0. The van der Waals surface area contributed by atoms with Crippen molar-refractivity contribution < 1.29 is 15.6 Å². The van der Waals surface area contributed by atoms with Gasteiger partial charge in [0, 0.05) is 0 Å². The number of halogens is 2. The third kappa shape index (κ3) is 5.27. The number of rotatable bonds is 8. The monoisotopic (exact) mass is 719 g/mol. The molecule has 0 aliphatic heterocycles. The van der Waals surface area contributed by atoms with E-state index in [0.29, 0.717) is 17.8 Å². The van der Waals surface area contributed by atoms with Crippen molar-refractivity contribution in [2.24, 2.45) is 5.92 Å². The van der Waals surface area contributed by atoms with Gasteiger partial charge in [-0.1, -0.05) is 0 Å². The summed E-state index contributed by atoms with van der Waals surface area (Å²) in [5.41, 5.74) is 14.1. The zero-order valence-electron chi connectivity index (χ0n) is 27.9. The molecular weight excluding hydrogens is 671 g/mol. The second-order valence-corrected chi connectivity index (χ2v) is 57.4. The summed E-state index contributed by atoms with van der Waals surface area (Å²) in [6, 6.07) is 23.2. The summed E-state index contributed by atoms with van der Waals surface area (Å²) in [5, 5.41) is 0. The topological polar surface area (TPSA) is 0 Å². The van der Waals surface area contributed by atoms with Crippen molar-refractivity contribution in [2.75, 3.05) is 0 Å². The molecule has 0 aromatic heterocycles. The van der Waals surface area contributed by atoms with E-state index in [4.69, 9.17) is 17.0 Å². The molecule has 0 saturated heterocycles. The minimum atomic E-state index is -4.74. The van der Waals surface area contributed by atoms with Gasteiger partial charge in [0.15, 0.2) is 0 Å². The van der Waals surface area contributed by atoms with Crippen molar-refractivity contribution in [1.29, 1.82) is 0 Å². The van der Waals surface area contributed by atoms with Crippen LogP contribution < -0.4 is 0 Å². The van der Waals surface area contributed by atoms with E-state index >= 15 is 0 Å². The van der Waals surface area contributed by atoms with Crippen molar-refractivity contribution in [3.63, 3.8) is 0 Å². The molecule has 0 amide bonds. The fourth-order valence-corrected chi connectivity index (χ4v) is 40.9. The van der Waals surface area contributed by atoms with Gasteiger partial charge in [0.25, 0.3) is 0 Å². The van der Waals surface area contributed by atoms with Gasteiger partial charge in [-0.2, -0.15) is 0 Å². The number of benzene rings is 3. The second kappa shape index (κ2) is 12.4. The molecule has 44 heavy (non-hydrogen) atoms. The van der Waals surface area contributed by atoms with E-state index in [1.54, 1.807) is 5.57 Å². The van der Waals surface area contributed by atoms with E-state index in [0.717, 1.165) is 6.42 Å². The maximum absolute atomic E-state index is 8.68. The Bertz CT molecular complexity index is 1610. The first-order valence-electron chi connectivity index (χ1n) is 17.3. The second-order valence-electron chi connectivity index (χ2n) is 14.9. The Morgan fingerprint density at radius 2 is 1.43 bits per heavy atom. The summed E-state index contributed by atoms with van der Waals surface area (Å²) in [7, 11) is 17.4. The Morgan fingerprint density at radius 1 is 0.795 bits per heavy atom. The number of allylic oxidation sites excluding steroid dienone is 2. The molecule has 0 N–H and O–H groups in total. The molecule has 3 aromatic carbocycles. The first kappa shape index (κ1) is 32.7. The maximum atomic E-state index is 8.68. The van der Waals surface area contributed by atoms with Gasteiger partial charge in [-0.15, -0.1) is 0 Å². The van der Waals surface area contributed by atoms with Gasteiger partial charge >= 0.3 is 278 Å². The van der Waals surface area contributed by atoms with Crippen molar-refractivity contribution in [1.82, 2.24) is 0 Å². The summed E-state index contributed by atoms with van der Waals surface area (Å²) in [5.74, 6) is 0.0767. The van der Waals surface area contributed by atoms with Crippen LogP contribution in [0.5, 0.6) is 0 Å². The fourth-order valence-electron chi connectivity index (χ4n) is 8.92. The van der Waals surface area contributed by atoms with Gasteiger partial charge in [-0.05, 0) is 0 Å². The van der Waals surface area contributed by atoms with Gasteiger partial charge in [0.2, 0.25) is 0 Å². The third-order valence-corrected chi connectivity index (χ3v) is 63.7. The Balaban J connectivity index is 1.55. The molecule has 0 radical (unpaired) electrons. The van der Waals surface area contributed by atoms with Crippen LogP contribution in [0.15, 0.2) is 71.8 Å². The summed E-state index contributed by atoms with van der Waals surface area (Å²) >= 11 is -4.74. The van der Waals surface area contributed by atoms with E-state index in [9.17, 15) is 0 Å². The molecule has 4 heteroatoms. The normalized spacial score (nSPS) is 21.9. The third-order valence-electron chi connectivity index (χ3n) is 11.7. The van der Waals surface area contributed by atoms with Crippen LogP contribution in [0.2, 0.25) is 13.1 Å². The Hall–Kier alpha value is -1.18. The Morgan fingerprint density at radius 3 is 2.05 bits per heavy atom. The summed E-state index contributed by atoms with van der Waals surface area (Å²) in [4.78, 5) is 0. The predicted molar refractivity (Wildman–Crippen MR) is 195 cm³/mol. The average Bonchev–Trinajstić information content (AvgIpc) is 3.60. The first-order chi connectivity index (χ1) is 21.0. The number of fused-ring (bicyclic) bond motifs is 2. The molecule has 3 aliphatic rings. The molecule has 0 nitrogen and oxygen atoms in total. The summed E-state index contributed by atoms with van der Waals surface area (Å²) in [6.45, 7) is 16.5. The standard InChI is InChI=1S/C19H19.C19H25.C2H7Si.2ClH.Zr/c1-13(2)15-7-9-16(10-8-15)18-6-4-5-17-11-14(3)12-19(17)18;1-3-14(2)18-11-7-10-16-12-17(13-19(16)18)15-8-5-4-6-9-15;1-3-2;;;/h4-13H,1-3H3;7,10-15H,3-6,8-9H2,1-2H3;3H,1-2H3;2*1H;/q;;;;;+2/p-2. The zero-order valence-corrected chi connectivity index (χ0v) is 33.0. The quantitative estimate of drug-likeness (QED) is 0.203. The molecule has 3 aliphatic carbocycles. The molecule has 3 aromatic rings. The van der Waals surface area contributed by atoms with Crippen molar-refractivity contribution >= 4 is 35.1 Å². The summed E-state index contributed by atoms with van der Waals surface area (Å²) < 4.78 is 0.341. The Labute approximate surface area is 276 Å². The molecular formula is C40H51Cl2SiZr. The molecule has 3 unspecified atom stereocenters. The van der Waals surface area contributed by atoms with Crippen molar-refractivity contribution in [3.05, 3.63) is 105 Å². The van der Waals surface area contributed by atoms with Gasteiger partial charge in [0.05, 0.1) is 0 Å². The van der Waals surface area contributed by atoms with E-state index < -0.39 is 21.5 Å². The molecule has 0 spiro atoms. The average molecular weight is 722 g/mol. The molecule has 1 saturated carbocycles. The molecule has 0 heterocycles. The molecule has 1 fully saturated rings. The van der Waals surface area contributed by atoms with Crippen molar-refractivity contribution in [2.45, 2.75) is 105 Å². The fraction of sp³-hybridized carbons (Fsp3) is 0.450. The van der Waals surface area contributed by atoms with Crippen LogP contribution in [0.4, 0.5) is 0 Å². The van der Waals surface area contributed by atoms with Crippen LogP contribution in [-0.2, 0) is 15.6 Å². The van der Waals surface area contributed by atoms with Crippen LogP contribution in [0, 0.1) is 5.92 Å². The van der Waals surface area contributed by atoms with Crippen LogP contribution in [0.25, 0.3) is 23.3 Å². The molecule has 6 rings (SSSR count). The predicted octanol–water partition coefficient (Wildman–Crippen LogP) is 13.1. The van der Waals surface area contributed by atoms with E-state index in [2.05, 4.69) is 121 Å². The van der Waals surface area contributed by atoms with Gasteiger partial charge in [-0.25, -0.2) is 0 Å². The van der Waals surface area contributed by atoms with Crippen LogP contribution in [-0.4, -0.2) is 5.92 Å². The van der Waals surface area contributed by atoms with Gasteiger partial charge in [-0.3, -0.25) is 0 Å². The van der Waals surface area contributed by atoms with E-state index in [-0.39, 0.29) is 7.25 Å². The van der Waals surface area contributed by atoms with Crippen LogP contribution >= 0.6 is 17.0 Å². The van der Waals surface area contributed by atoms with Gasteiger partial charge in [0.1, 0.15) is 0 Å². The first-order valence-corrected chi connectivity index (χ1v) is 33.6. The van der Waals surface area contributed by atoms with Crippen molar-refractivity contribution in [3.8, 4) is 11.1 Å². The molecule has 3 atom stereocenters. The SMILES string of the molecule is CCC(C)c1cccc2c1C=C(C1CCCCC1)[CH]2[Zr]([Cl])([Cl])([CH]1C(C)=Cc2c(-c3ccc(C(C)C)cc3)cccc21)[SiH](C)C. The van der Waals surface area contributed by atoms with Crippen LogP contribution in [0.3, 0.4) is 0 Å². The van der Waals surface area contributed by atoms with Gasteiger partial charge < -0.3 is 0 Å². The van der Waals surface area contributed by atoms with Crippen LogP contribution in [0.1, 0.15) is 126 Å². The Kier molecular flexibility index (Phi) is 9.26. The molecule has 233 valence electrons. The minimum absolute atomic E-state index is 0.145. The molecule has 0 bridgehead atoms. The van der Waals surface area contributed by atoms with E-state index in [1.807, 2.05) is 0 Å². The number of hydrogen-bond acceptors (Lipinski definition) is 0. The zero-order chi connectivity index (χ0) is 31.4.